The van der Waals surface area contributed by atoms with Gasteiger partial charge in [-0.05, 0) is 153 Å². The van der Waals surface area contributed by atoms with Gasteiger partial charge in [-0.3, -0.25) is 0 Å². The second kappa shape index (κ2) is 14.3. The minimum Gasteiger partial charge on any atom is -0.134 e. The van der Waals surface area contributed by atoms with Crippen LogP contribution in [0.5, 0.6) is 0 Å². The molecule has 0 N–H and O–H groups in total. The SMILES string of the molecule is c1cc(-c2ccc3c(-c4ccc5ccccc5c4)c4ccccc4c(-c4ccc5ccccc5c4)c3c2)cc(-c2ccc(-c3ccc(-c4ccc5ccccc5c4)s3)s2)c1. The highest BCUT2D eigenvalue weighted by Crippen LogP contribution is 2.47. The highest BCUT2D eigenvalue weighted by Gasteiger charge is 2.19. The molecule has 60 heavy (non-hydrogen) atoms. The van der Waals surface area contributed by atoms with E-state index in [1.165, 1.54) is 118 Å². The van der Waals surface area contributed by atoms with Gasteiger partial charge in [-0.2, -0.15) is 0 Å². The van der Waals surface area contributed by atoms with Crippen molar-refractivity contribution in [3.05, 3.63) is 218 Å². The molecule has 2 aromatic heterocycles. The summed E-state index contributed by atoms with van der Waals surface area (Å²) >= 11 is 3.74. The third-order valence-electron chi connectivity index (χ3n) is 12.1. The molecule has 0 fully saturated rings. The van der Waals surface area contributed by atoms with Gasteiger partial charge in [0.15, 0.2) is 0 Å². The minimum atomic E-state index is 1.21. The molecule has 0 nitrogen and oxygen atoms in total. The number of fused-ring (bicyclic) bond motifs is 5. The maximum atomic E-state index is 2.44. The third-order valence-corrected chi connectivity index (χ3v) is 14.5. The van der Waals surface area contributed by atoms with Crippen molar-refractivity contribution in [1.29, 1.82) is 0 Å². The van der Waals surface area contributed by atoms with Crippen LogP contribution in [0.15, 0.2) is 218 Å². The van der Waals surface area contributed by atoms with Crippen molar-refractivity contribution in [1.82, 2.24) is 0 Å². The lowest BCUT2D eigenvalue weighted by Crippen LogP contribution is -1.92. The summed E-state index contributed by atoms with van der Waals surface area (Å²) in [5.41, 5.74) is 9.94. The molecule has 2 heterocycles. The van der Waals surface area contributed by atoms with Crippen molar-refractivity contribution in [2.75, 3.05) is 0 Å². The number of hydrogen-bond acceptors (Lipinski definition) is 2. The van der Waals surface area contributed by atoms with E-state index in [0.29, 0.717) is 0 Å². The first-order valence-corrected chi connectivity index (χ1v) is 22.1. The lowest BCUT2D eigenvalue weighted by Gasteiger charge is -2.19. The first kappa shape index (κ1) is 34.9. The van der Waals surface area contributed by atoms with Gasteiger partial charge in [0.2, 0.25) is 0 Å². The van der Waals surface area contributed by atoms with E-state index in [2.05, 4.69) is 218 Å². The summed E-state index contributed by atoms with van der Waals surface area (Å²) in [6.07, 6.45) is 0. The number of hydrogen-bond donors (Lipinski definition) is 0. The molecule has 280 valence electrons. The van der Waals surface area contributed by atoms with Crippen molar-refractivity contribution in [2.45, 2.75) is 0 Å². The van der Waals surface area contributed by atoms with Crippen LogP contribution in [-0.2, 0) is 0 Å². The van der Waals surface area contributed by atoms with Gasteiger partial charge in [0, 0.05) is 19.5 Å². The van der Waals surface area contributed by atoms with Gasteiger partial charge < -0.3 is 0 Å². The molecule has 0 spiro atoms. The van der Waals surface area contributed by atoms with Crippen LogP contribution in [0.1, 0.15) is 0 Å². The summed E-state index contributed by atoms with van der Waals surface area (Å²) in [6.45, 7) is 0. The second-order valence-electron chi connectivity index (χ2n) is 15.7. The minimum absolute atomic E-state index is 1.21. The van der Waals surface area contributed by atoms with Crippen molar-refractivity contribution >= 4 is 76.5 Å². The van der Waals surface area contributed by atoms with E-state index in [-0.39, 0.29) is 0 Å². The average Bonchev–Trinajstić information content (AvgIpc) is 4.02. The zero-order valence-electron chi connectivity index (χ0n) is 32.6. The average molecular weight is 797 g/mol. The van der Waals surface area contributed by atoms with Gasteiger partial charge in [-0.25, -0.2) is 0 Å². The Labute approximate surface area is 356 Å². The van der Waals surface area contributed by atoms with E-state index in [1.54, 1.807) is 0 Å². The van der Waals surface area contributed by atoms with Crippen LogP contribution in [0.25, 0.3) is 118 Å². The van der Waals surface area contributed by atoms with Crippen LogP contribution in [0.2, 0.25) is 0 Å². The molecule has 10 aromatic carbocycles. The Balaban J connectivity index is 0.980. The summed E-state index contributed by atoms with van der Waals surface area (Å²) in [5.74, 6) is 0. The predicted molar refractivity (Wildman–Crippen MR) is 262 cm³/mol. The van der Waals surface area contributed by atoms with Crippen LogP contribution in [0.3, 0.4) is 0 Å². The standard InChI is InChI=1S/C58H36S2/c1-4-13-40-32-46(23-20-37(40)10-1)54-29-31-56(60-54)55-30-28-53(59-55)45-17-9-16-43(33-45)44-26-27-51-52(36-44)58(48-25-22-39-12-3-6-15-42(39)35-48)50-19-8-7-18-49(50)57(51)47-24-21-38-11-2-5-14-41(38)34-47/h1-36H. The Morgan fingerprint density at radius 3 is 1.15 bits per heavy atom. The summed E-state index contributed by atoms with van der Waals surface area (Å²) < 4.78 is 0. The molecule has 0 unspecified atom stereocenters. The largest absolute Gasteiger partial charge is 0.134 e. The number of thiophene rings is 2. The van der Waals surface area contributed by atoms with Crippen molar-refractivity contribution in [3.8, 4) is 64.0 Å². The van der Waals surface area contributed by atoms with Crippen LogP contribution in [0.4, 0.5) is 0 Å². The number of rotatable bonds is 6. The fraction of sp³-hybridized carbons (Fsp3) is 0. The molecule has 0 saturated carbocycles. The van der Waals surface area contributed by atoms with Gasteiger partial charge in [0.05, 0.1) is 0 Å². The van der Waals surface area contributed by atoms with E-state index in [1.807, 2.05) is 22.7 Å². The summed E-state index contributed by atoms with van der Waals surface area (Å²) in [4.78, 5) is 5.17. The molecule has 0 aliphatic carbocycles. The molecule has 12 aromatic rings. The molecule has 0 atom stereocenters. The number of benzene rings is 10. The predicted octanol–water partition coefficient (Wildman–Crippen LogP) is 17.6. The summed E-state index contributed by atoms with van der Waals surface area (Å²) in [6, 6.07) is 80.9. The normalized spacial score (nSPS) is 11.7. The van der Waals surface area contributed by atoms with Crippen molar-refractivity contribution in [2.24, 2.45) is 0 Å². The van der Waals surface area contributed by atoms with Crippen molar-refractivity contribution in [3.63, 3.8) is 0 Å². The Hall–Kier alpha value is -7.10. The Morgan fingerprint density at radius 1 is 0.200 bits per heavy atom. The second-order valence-corrected chi connectivity index (χ2v) is 17.8. The molecule has 0 aliphatic heterocycles. The van der Waals surface area contributed by atoms with Gasteiger partial charge in [0.1, 0.15) is 0 Å². The molecule has 0 bridgehead atoms. The molecule has 0 saturated heterocycles. The molecule has 12 rings (SSSR count). The quantitative estimate of drug-likeness (QED) is 0.147. The van der Waals surface area contributed by atoms with Crippen LogP contribution < -0.4 is 0 Å². The van der Waals surface area contributed by atoms with Crippen LogP contribution >= 0.6 is 22.7 Å². The molecule has 0 aliphatic rings. The zero-order chi connectivity index (χ0) is 39.6. The Kier molecular flexibility index (Phi) is 8.33. The van der Waals surface area contributed by atoms with Crippen LogP contribution in [0, 0.1) is 0 Å². The molecule has 0 radical (unpaired) electrons. The van der Waals surface area contributed by atoms with Crippen LogP contribution in [-0.4, -0.2) is 0 Å². The van der Waals surface area contributed by atoms with E-state index in [9.17, 15) is 0 Å². The highest BCUT2D eigenvalue weighted by molar-refractivity contribution is 7.25. The van der Waals surface area contributed by atoms with E-state index >= 15 is 0 Å². The lowest BCUT2D eigenvalue weighted by molar-refractivity contribution is 1.63. The van der Waals surface area contributed by atoms with Gasteiger partial charge in [0.25, 0.3) is 0 Å². The zero-order valence-corrected chi connectivity index (χ0v) is 34.2. The molecular formula is C58H36S2. The molecule has 0 amide bonds. The van der Waals surface area contributed by atoms with E-state index in [4.69, 9.17) is 0 Å². The maximum absolute atomic E-state index is 2.44. The van der Waals surface area contributed by atoms with Gasteiger partial charge in [-0.15, -0.1) is 22.7 Å². The van der Waals surface area contributed by atoms with Crippen molar-refractivity contribution < 1.29 is 0 Å². The smallest absolute Gasteiger partial charge is 0.0449 e. The molecule has 2 heteroatoms. The first-order valence-electron chi connectivity index (χ1n) is 20.5. The Bertz CT molecular complexity index is 3620. The Morgan fingerprint density at radius 2 is 0.583 bits per heavy atom. The van der Waals surface area contributed by atoms with Gasteiger partial charge >= 0.3 is 0 Å². The van der Waals surface area contributed by atoms with Gasteiger partial charge in [-0.1, -0.05) is 164 Å². The highest BCUT2D eigenvalue weighted by atomic mass is 32.1. The summed E-state index contributed by atoms with van der Waals surface area (Å²) in [7, 11) is 0. The molecular weight excluding hydrogens is 761 g/mol. The summed E-state index contributed by atoms with van der Waals surface area (Å²) in [5, 5.41) is 12.6. The fourth-order valence-electron chi connectivity index (χ4n) is 9.12. The topological polar surface area (TPSA) is 0 Å². The maximum Gasteiger partial charge on any atom is 0.0449 e. The van der Waals surface area contributed by atoms with E-state index < -0.39 is 0 Å². The van der Waals surface area contributed by atoms with E-state index in [0.717, 1.165) is 0 Å². The lowest BCUT2D eigenvalue weighted by atomic mass is 9.84. The monoisotopic (exact) mass is 796 g/mol. The first-order chi connectivity index (χ1) is 29.7. The fourth-order valence-corrected chi connectivity index (χ4v) is 11.2. The third kappa shape index (κ3) is 6.04.